The number of hydrogen-bond donors (Lipinski definition) is 2. The van der Waals surface area contributed by atoms with E-state index in [2.05, 4.69) is 10.6 Å². The van der Waals surface area contributed by atoms with E-state index in [-0.39, 0.29) is 19.1 Å². The molecular formula is C18H19ClN2O4. The van der Waals surface area contributed by atoms with Crippen molar-refractivity contribution in [3.8, 4) is 11.5 Å². The van der Waals surface area contributed by atoms with Crippen LogP contribution in [-0.4, -0.2) is 32.1 Å². The molecular weight excluding hydrogens is 344 g/mol. The van der Waals surface area contributed by atoms with Gasteiger partial charge in [-0.05, 0) is 42.8 Å². The van der Waals surface area contributed by atoms with Gasteiger partial charge in [-0.25, -0.2) is 0 Å². The minimum atomic E-state index is -0.411. The molecule has 2 aromatic rings. The molecule has 0 saturated heterocycles. The predicted octanol–water partition coefficient (Wildman–Crippen LogP) is 2.79. The summed E-state index contributed by atoms with van der Waals surface area (Å²) in [5.41, 5.74) is 1.53. The summed E-state index contributed by atoms with van der Waals surface area (Å²) in [6.07, 6.45) is 0. The van der Waals surface area contributed by atoms with Crippen LogP contribution in [0.4, 0.5) is 5.69 Å². The van der Waals surface area contributed by atoms with Gasteiger partial charge in [0.1, 0.15) is 11.5 Å². The molecule has 0 fully saturated rings. The fourth-order valence-electron chi connectivity index (χ4n) is 2.05. The van der Waals surface area contributed by atoms with Crippen LogP contribution < -0.4 is 20.1 Å². The second-order valence-electron chi connectivity index (χ2n) is 5.27. The predicted molar refractivity (Wildman–Crippen MR) is 96.3 cm³/mol. The number of anilines is 1. The largest absolute Gasteiger partial charge is 0.495 e. The molecule has 0 unspecified atom stereocenters. The van der Waals surface area contributed by atoms with Gasteiger partial charge in [-0.15, -0.1) is 0 Å². The summed E-state index contributed by atoms with van der Waals surface area (Å²) in [4.78, 5) is 23.7. The fraction of sp³-hybridized carbons (Fsp3) is 0.222. The topological polar surface area (TPSA) is 76.7 Å². The molecule has 0 aromatic heterocycles. The molecule has 25 heavy (non-hydrogen) atoms. The number of benzene rings is 2. The van der Waals surface area contributed by atoms with Crippen molar-refractivity contribution in [2.45, 2.75) is 6.92 Å². The third-order valence-electron chi connectivity index (χ3n) is 3.24. The van der Waals surface area contributed by atoms with Gasteiger partial charge in [0.05, 0.1) is 19.3 Å². The van der Waals surface area contributed by atoms with E-state index in [0.717, 1.165) is 5.56 Å². The summed E-state index contributed by atoms with van der Waals surface area (Å²) in [5.74, 6) is 0.262. The number of aryl methyl sites for hydroxylation is 1. The highest BCUT2D eigenvalue weighted by Gasteiger charge is 2.10. The Bertz CT molecular complexity index is 764. The van der Waals surface area contributed by atoms with E-state index in [1.54, 1.807) is 36.4 Å². The number of nitrogens with one attached hydrogen (secondary N) is 2. The van der Waals surface area contributed by atoms with Crippen molar-refractivity contribution in [2.24, 2.45) is 0 Å². The first-order valence-electron chi connectivity index (χ1n) is 7.57. The van der Waals surface area contributed by atoms with E-state index in [4.69, 9.17) is 21.1 Å². The first-order chi connectivity index (χ1) is 12.0. The van der Waals surface area contributed by atoms with Gasteiger partial charge in [0, 0.05) is 5.02 Å². The number of halogens is 1. The van der Waals surface area contributed by atoms with Gasteiger partial charge in [0.15, 0.2) is 6.61 Å². The molecule has 7 heteroatoms. The number of hydrogen-bond acceptors (Lipinski definition) is 4. The van der Waals surface area contributed by atoms with Crippen molar-refractivity contribution in [3.63, 3.8) is 0 Å². The molecule has 0 spiro atoms. The maximum atomic E-state index is 12.0. The van der Waals surface area contributed by atoms with Gasteiger partial charge in [0.2, 0.25) is 5.91 Å². The zero-order chi connectivity index (χ0) is 18.2. The third-order valence-corrected chi connectivity index (χ3v) is 3.48. The average Bonchev–Trinajstić information content (AvgIpc) is 2.58. The zero-order valence-corrected chi connectivity index (χ0v) is 14.7. The number of ether oxygens (including phenoxy) is 2. The van der Waals surface area contributed by atoms with E-state index < -0.39 is 5.91 Å². The van der Waals surface area contributed by atoms with Crippen molar-refractivity contribution in [3.05, 3.63) is 53.1 Å². The standard InChI is InChI=1S/C18H19ClN2O4/c1-12-6-7-16(24-2)15(8-12)21-17(22)10-20-18(23)11-25-14-5-3-4-13(19)9-14/h3-9H,10-11H2,1-2H3,(H,20,23)(H,21,22). The quantitative estimate of drug-likeness (QED) is 0.794. The summed E-state index contributed by atoms with van der Waals surface area (Å²) in [5, 5.41) is 5.71. The highest BCUT2D eigenvalue weighted by molar-refractivity contribution is 6.30. The maximum Gasteiger partial charge on any atom is 0.258 e. The molecule has 0 radical (unpaired) electrons. The zero-order valence-electron chi connectivity index (χ0n) is 14.0. The second kappa shape index (κ2) is 8.94. The second-order valence-corrected chi connectivity index (χ2v) is 5.71. The van der Waals surface area contributed by atoms with Crippen molar-refractivity contribution in [1.29, 1.82) is 0 Å². The lowest BCUT2D eigenvalue weighted by Crippen LogP contribution is -2.35. The number of methoxy groups -OCH3 is 1. The van der Waals surface area contributed by atoms with Crippen LogP contribution in [0.2, 0.25) is 5.02 Å². The van der Waals surface area contributed by atoms with Crippen LogP contribution in [0, 0.1) is 6.92 Å². The Kier molecular flexibility index (Phi) is 6.65. The fourth-order valence-corrected chi connectivity index (χ4v) is 2.23. The van der Waals surface area contributed by atoms with Crippen LogP contribution in [0.15, 0.2) is 42.5 Å². The number of amides is 2. The van der Waals surface area contributed by atoms with Crippen molar-refractivity contribution >= 4 is 29.1 Å². The highest BCUT2D eigenvalue weighted by atomic mass is 35.5. The Morgan fingerprint density at radius 3 is 2.64 bits per heavy atom. The van der Waals surface area contributed by atoms with E-state index in [0.29, 0.717) is 22.2 Å². The van der Waals surface area contributed by atoms with Crippen molar-refractivity contribution in [2.75, 3.05) is 25.6 Å². The Morgan fingerprint density at radius 2 is 1.92 bits per heavy atom. The van der Waals surface area contributed by atoms with Crippen LogP contribution in [0.1, 0.15) is 5.56 Å². The molecule has 2 rings (SSSR count). The Balaban J connectivity index is 1.79. The van der Waals surface area contributed by atoms with Gasteiger partial charge in [-0.2, -0.15) is 0 Å². The minimum Gasteiger partial charge on any atom is -0.495 e. The number of carbonyl (C=O) groups excluding carboxylic acids is 2. The van der Waals surface area contributed by atoms with Crippen molar-refractivity contribution in [1.82, 2.24) is 5.32 Å². The summed E-state index contributed by atoms with van der Waals surface area (Å²) < 4.78 is 10.5. The molecule has 2 amide bonds. The van der Waals surface area contributed by atoms with E-state index in [1.807, 2.05) is 13.0 Å². The summed E-state index contributed by atoms with van der Waals surface area (Å²) in [6.45, 7) is 1.53. The molecule has 6 nitrogen and oxygen atoms in total. The molecule has 0 aliphatic carbocycles. The molecule has 0 aliphatic heterocycles. The van der Waals surface area contributed by atoms with Crippen LogP contribution in [0.3, 0.4) is 0 Å². The van der Waals surface area contributed by atoms with Gasteiger partial charge >= 0.3 is 0 Å². The lowest BCUT2D eigenvalue weighted by atomic mass is 10.2. The van der Waals surface area contributed by atoms with Crippen LogP contribution in [-0.2, 0) is 9.59 Å². The maximum absolute atomic E-state index is 12.0. The molecule has 0 bridgehead atoms. The Hall–Kier alpha value is -2.73. The van der Waals surface area contributed by atoms with Crippen molar-refractivity contribution < 1.29 is 19.1 Å². The monoisotopic (exact) mass is 362 g/mol. The molecule has 0 heterocycles. The summed E-state index contributed by atoms with van der Waals surface area (Å²) in [7, 11) is 1.52. The molecule has 2 aromatic carbocycles. The normalized spacial score (nSPS) is 10.0. The molecule has 0 atom stereocenters. The first kappa shape index (κ1) is 18.6. The smallest absolute Gasteiger partial charge is 0.258 e. The van der Waals surface area contributed by atoms with E-state index >= 15 is 0 Å². The highest BCUT2D eigenvalue weighted by Crippen LogP contribution is 2.24. The Morgan fingerprint density at radius 1 is 1.12 bits per heavy atom. The van der Waals surface area contributed by atoms with Gasteiger partial charge in [-0.3, -0.25) is 9.59 Å². The van der Waals surface area contributed by atoms with Gasteiger partial charge in [0.25, 0.3) is 5.91 Å². The van der Waals surface area contributed by atoms with E-state index in [9.17, 15) is 9.59 Å². The summed E-state index contributed by atoms with van der Waals surface area (Å²) >= 11 is 5.83. The first-order valence-corrected chi connectivity index (χ1v) is 7.95. The van der Waals surface area contributed by atoms with Crippen LogP contribution >= 0.6 is 11.6 Å². The molecule has 0 saturated carbocycles. The average molecular weight is 363 g/mol. The number of carbonyl (C=O) groups is 2. The SMILES string of the molecule is COc1ccc(C)cc1NC(=O)CNC(=O)COc1cccc(Cl)c1. The third kappa shape index (κ3) is 6.00. The molecule has 2 N–H and O–H groups in total. The van der Waals surface area contributed by atoms with E-state index in [1.165, 1.54) is 7.11 Å². The Labute approximate surface area is 151 Å². The van der Waals surface area contributed by atoms with Crippen LogP contribution in [0.25, 0.3) is 0 Å². The lowest BCUT2D eigenvalue weighted by molar-refractivity contribution is -0.125. The van der Waals surface area contributed by atoms with Gasteiger partial charge < -0.3 is 20.1 Å². The molecule has 0 aliphatic rings. The van der Waals surface area contributed by atoms with Gasteiger partial charge in [-0.1, -0.05) is 23.7 Å². The minimum absolute atomic E-state index is 0.172. The van der Waals surface area contributed by atoms with Crippen LogP contribution in [0.5, 0.6) is 11.5 Å². The molecule has 132 valence electrons. The lowest BCUT2D eigenvalue weighted by Gasteiger charge is -2.12. The number of rotatable bonds is 7. The summed E-state index contributed by atoms with van der Waals surface area (Å²) in [6, 6.07) is 12.2.